The van der Waals surface area contributed by atoms with Crippen molar-refractivity contribution in [3.8, 4) is 0 Å². The van der Waals surface area contributed by atoms with Crippen molar-refractivity contribution >= 4 is 22.0 Å². The molecule has 0 N–H and O–H groups in total. The molecular formula is C18H51BO3PY2-3. The van der Waals surface area contributed by atoms with Crippen LogP contribution in [0.4, 0.5) is 0 Å². The maximum absolute atomic E-state index is 5.78. The van der Waals surface area contributed by atoms with Crippen LogP contribution in [0.1, 0.15) is 65.3 Å². The second-order valence-corrected chi connectivity index (χ2v) is 6.18. The smallest absolute Gasteiger partial charge is 0.0920 e. The zero-order chi connectivity index (χ0) is 12.9. The third kappa shape index (κ3) is 22.6. The van der Waals surface area contributed by atoms with Crippen molar-refractivity contribution in [2.24, 2.45) is 5.92 Å². The van der Waals surface area contributed by atoms with Gasteiger partial charge in [0.25, 0.3) is 0 Å². The zero-order valence-electron chi connectivity index (χ0n) is 14.1. The van der Waals surface area contributed by atoms with E-state index in [0.29, 0.717) is 5.92 Å². The molecule has 0 bridgehead atoms. The Labute approximate surface area is 218 Å². The zero-order valence-corrected chi connectivity index (χ0v) is 19.7. The molecule has 1 saturated heterocycles. The molecule has 0 amide bonds. The van der Waals surface area contributed by atoms with E-state index in [9.17, 15) is 0 Å². The minimum absolute atomic E-state index is 0. The molecule has 0 saturated carbocycles. The maximum Gasteiger partial charge on any atom is 0.0920 e. The Morgan fingerprint density at radius 3 is 1.48 bits per heavy atom. The molecule has 158 valence electrons. The Bertz CT molecular complexity index is 267. The predicted octanol–water partition coefficient (Wildman–Crippen LogP) is 6.60. The molecule has 25 heavy (non-hydrogen) atoms. The topological polar surface area (TPSA) is 27.7 Å². The molecule has 1 heterocycles. The fourth-order valence-electron chi connectivity index (χ4n) is 1.68. The van der Waals surface area contributed by atoms with E-state index in [1.807, 2.05) is 6.92 Å². The fraction of sp³-hybridized carbons (Fsp3) is 0.778. The predicted molar refractivity (Wildman–Crippen MR) is 121 cm³/mol. The van der Waals surface area contributed by atoms with Crippen LogP contribution in [0, 0.1) is 27.4 Å². The summed E-state index contributed by atoms with van der Waals surface area (Å²) in [6.07, 6.45) is 4.22. The van der Waals surface area contributed by atoms with Crippen molar-refractivity contribution in [3.05, 3.63) is 21.5 Å². The number of hydrogen-bond acceptors (Lipinski definition) is 3. The van der Waals surface area contributed by atoms with Crippen LogP contribution in [0.15, 0.2) is 0 Å². The Morgan fingerprint density at radius 2 is 1.28 bits per heavy atom. The van der Waals surface area contributed by atoms with Gasteiger partial charge in [-0.25, -0.2) is 0 Å². The van der Waals surface area contributed by atoms with Gasteiger partial charge in [0.15, 0.2) is 0 Å². The number of hydrogen-bond donors (Lipinski definition) is 0. The Kier molecular flexibility index (Phi) is 78.6. The Hall–Kier alpha value is 2.45. The second-order valence-electron chi connectivity index (χ2n) is 3.97. The van der Waals surface area contributed by atoms with Crippen LogP contribution in [-0.2, 0) is 79.2 Å². The van der Waals surface area contributed by atoms with Crippen molar-refractivity contribution in [3.63, 3.8) is 0 Å². The quantitative estimate of drug-likeness (QED) is 0.231. The van der Waals surface area contributed by atoms with Crippen LogP contribution in [0.25, 0.3) is 0 Å². The molecule has 0 spiro atoms. The molecular weight excluding hydrogens is 484 g/mol. The van der Waals surface area contributed by atoms with E-state index in [1.54, 1.807) is 7.11 Å². The fourth-order valence-corrected chi connectivity index (χ4v) is 2.57. The molecule has 0 aromatic heterocycles. The molecule has 5 atom stereocenters. The third-order valence-electron chi connectivity index (χ3n) is 2.80. The van der Waals surface area contributed by atoms with E-state index < -0.39 is 7.34 Å². The first-order valence-corrected chi connectivity index (χ1v) is 6.84. The minimum atomic E-state index is -2.15. The Morgan fingerprint density at radius 1 is 0.960 bits per heavy atom. The third-order valence-corrected chi connectivity index (χ3v) is 4.09. The average Bonchev–Trinajstić information content (AvgIpc) is 2.48. The van der Waals surface area contributed by atoms with Gasteiger partial charge in [-0.1, -0.05) is 57.8 Å². The van der Waals surface area contributed by atoms with E-state index in [0.717, 1.165) is 0 Å². The molecule has 5 unspecified atom stereocenters. The van der Waals surface area contributed by atoms with Crippen LogP contribution >= 0.6 is 7.34 Å². The number of ether oxygens (including phenoxy) is 1. The molecule has 0 aromatic carbocycles. The summed E-state index contributed by atoms with van der Waals surface area (Å²) in [6, 6.07) is 0. The van der Waals surface area contributed by atoms with Crippen molar-refractivity contribution < 1.29 is 79.2 Å². The SMILES string of the molecule is C.C.C.C.C.C.C=P([CH2-])(OC)OC1C(C)OC(C)C1C.[2H][B].[CH3-].[CH3-].[Y].[Y]. The molecule has 4 radical (unpaired) electrons. The van der Waals surface area contributed by atoms with Gasteiger partial charge in [-0.3, -0.25) is 6.66 Å². The van der Waals surface area contributed by atoms with Crippen molar-refractivity contribution in [1.29, 1.82) is 1.34 Å². The van der Waals surface area contributed by atoms with Crippen molar-refractivity contribution in [1.82, 2.24) is 0 Å². The summed E-state index contributed by atoms with van der Waals surface area (Å²) in [6.45, 7) is 10.0. The van der Waals surface area contributed by atoms with Crippen LogP contribution in [0.2, 0.25) is 0 Å². The van der Waals surface area contributed by atoms with Gasteiger partial charge in [-0.2, -0.15) is 0 Å². The molecule has 0 aromatic rings. The monoisotopic (exact) mass is 536 g/mol. The summed E-state index contributed by atoms with van der Waals surface area (Å²) in [5.41, 5.74) is 0. The van der Waals surface area contributed by atoms with E-state index in [-0.39, 0.29) is 143 Å². The first kappa shape index (κ1) is 63.1. The van der Waals surface area contributed by atoms with Gasteiger partial charge in [0.1, 0.15) is 0 Å². The standard InChI is InChI=1S/C10H20O3P.6CH4.2CH3.BH.2Y/c1-7-8(2)12-9(3)10(7)13-14(5,6)11-4;;;;;;;;;;;/h7-10H,5-6H2,1-4H3;6*1H4;2*1H3;1H;;/q-1;;;;;;;2*-1;;;/i;;;;;;;;;1D;;. The van der Waals surface area contributed by atoms with Gasteiger partial charge in [0.2, 0.25) is 0 Å². The maximum atomic E-state index is 5.78. The van der Waals surface area contributed by atoms with Gasteiger partial charge < -0.3 is 28.6 Å². The molecule has 1 rings (SSSR count). The molecule has 1 aliphatic heterocycles. The molecule has 3 nitrogen and oxygen atoms in total. The van der Waals surface area contributed by atoms with Crippen LogP contribution in [-0.4, -0.2) is 41.4 Å². The molecule has 1 aliphatic rings. The normalized spacial score (nSPS) is 24.0. The van der Waals surface area contributed by atoms with E-state index >= 15 is 0 Å². The Balaban J connectivity index is -0.0000000201. The van der Waals surface area contributed by atoms with E-state index in [1.165, 1.54) is 0 Å². The van der Waals surface area contributed by atoms with Crippen LogP contribution < -0.4 is 0 Å². The van der Waals surface area contributed by atoms with Crippen LogP contribution in [0.3, 0.4) is 0 Å². The van der Waals surface area contributed by atoms with E-state index in [2.05, 4.69) is 35.2 Å². The molecule has 0 aliphatic carbocycles. The minimum Gasteiger partial charge on any atom is -0.372 e. The van der Waals surface area contributed by atoms with Crippen LogP contribution in [0.5, 0.6) is 0 Å². The summed E-state index contributed by atoms with van der Waals surface area (Å²) in [7, 11) is 3.18. The van der Waals surface area contributed by atoms with E-state index in [4.69, 9.17) is 15.1 Å². The van der Waals surface area contributed by atoms with Gasteiger partial charge in [-0.05, 0) is 22.5 Å². The number of rotatable bonds is 3. The molecule has 7 heteroatoms. The average molecular weight is 536 g/mol. The first-order valence-electron chi connectivity index (χ1n) is 5.42. The summed E-state index contributed by atoms with van der Waals surface area (Å²) < 4.78 is 21.8. The second kappa shape index (κ2) is 31.2. The van der Waals surface area contributed by atoms with Gasteiger partial charge in [0.05, 0.1) is 18.3 Å². The van der Waals surface area contributed by atoms with Crippen molar-refractivity contribution in [2.45, 2.75) is 83.6 Å². The largest absolute Gasteiger partial charge is 0.372 e. The summed E-state index contributed by atoms with van der Waals surface area (Å²) in [5, 5.41) is 0. The summed E-state index contributed by atoms with van der Waals surface area (Å²) >= 11 is 0. The summed E-state index contributed by atoms with van der Waals surface area (Å²) in [5.74, 6) is 0.364. The van der Waals surface area contributed by atoms with Gasteiger partial charge >= 0.3 is 0 Å². The van der Waals surface area contributed by atoms with Gasteiger partial charge in [0, 0.05) is 86.8 Å². The first-order chi connectivity index (χ1) is 7.37. The summed E-state index contributed by atoms with van der Waals surface area (Å²) in [4.78, 5) is 0. The van der Waals surface area contributed by atoms with Gasteiger partial charge in [-0.15, -0.1) is 0 Å². The van der Waals surface area contributed by atoms with Crippen molar-refractivity contribution in [2.75, 3.05) is 7.11 Å². The molecule has 1 fully saturated rings.